The number of hydrogen-bond acceptors (Lipinski definition) is 1. The Morgan fingerprint density at radius 1 is 1.00 bits per heavy atom. The number of halogens is 2. The molecule has 0 atom stereocenters. The van der Waals surface area contributed by atoms with E-state index in [1.807, 2.05) is 18.2 Å². The molecule has 0 radical (unpaired) electrons. The highest BCUT2D eigenvalue weighted by Gasteiger charge is 2.41. The Kier molecular flexibility index (Phi) is 7.57. The molecule has 2 aliphatic carbocycles. The fourth-order valence-corrected chi connectivity index (χ4v) is 5.76. The van der Waals surface area contributed by atoms with Crippen LogP contribution in [0, 0.1) is 11.8 Å². The molecule has 1 aromatic carbocycles. The molecule has 27 heavy (non-hydrogen) atoms. The van der Waals surface area contributed by atoms with Crippen molar-refractivity contribution in [3.63, 3.8) is 0 Å². The SMILES string of the molecule is CCCCC[C@H]1CC[C@H](C2(SC(F)F)C=CC(c3ccccc3)C=C2)CC1. The van der Waals surface area contributed by atoms with Crippen LogP contribution in [0.25, 0.3) is 0 Å². The highest BCUT2D eigenvalue weighted by Crippen LogP contribution is 2.49. The van der Waals surface area contributed by atoms with E-state index in [4.69, 9.17) is 0 Å². The number of alkyl halides is 2. The van der Waals surface area contributed by atoms with E-state index in [2.05, 4.69) is 43.4 Å². The van der Waals surface area contributed by atoms with Crippen molar-refractivity contribution in [2.24, 2.45) is 11.8 Å². The normalized spacial score (nSPS) is 30.7. The molecule has 0 aliphatic heterocycles. The molecule has 0 N–H and O–H groups in total. The number of rotatable bonds is 8. The van der Waals surface area contributed by atoms with Crippen LogP contribution < -0.4 is 0 Å². The van der Waals surface area contributed by atoms with Crippen LogP contribution in [0.3, 0.4) is 0 Å². The second kappa shape index (κ2) is 9.91. The Morgan fingerprint density at radius 2 is 1.67 bits per heavy atom. The molecule has 0 nitrogen and oxygen atoms in total. The van der Waals surface area contributed by atoms with Crippen molar-refractivity contribution in [3.05, 3.63) is 60.2 Å². The van der Waals surface area contributed by atoms with Gasteiger partial charge in [0, 0.05) is 5.92 Å². The highest BCUT2D eigenvalue weighted by atomic mass is 32.2. The largest absolute Gasteiger partial charge is 0.285 e. The number of hydrogen-bond donors (Lipinski definition) is 0. The van der Waals surface area contributed by atoms with E-state index >= 15 is 0 Å². The van der Waals surface area contributed by atoms with Gasteiger partial charge >= 0.3 is 0 Å². The Hall–Kier alpha value is -1.09. The summed E-state index contributed by atoms with van der Waals surface area (Å²) in [6, 6.07) is 10.3. The first kappa shape index (κ1) is 20.6. The maximum atomic E-state index is 13.4. The molecule has 1 aromatic rings. The summed E-state index contributed by atoms with van der Waals surface area (Å²) >= 11 is 0.842. The monoisotopic (exact) mass is 390 g/mol. The van der Waals surface area contributed by atoms with Crippen molar-refractivity contribution in [1.29, 1.82) is 0 Å². The first-order valence-electron chi connectivity index (χ1n) is 10.5. The lowest BCUT2D eigenvalue weighted by atomic mass is 9.72. The van der Waals surface area contributed by atoms with Gasteiger partial charge in [-0.2, -0.15) is 8.78 Å². The third kappa shape index (κ3) is 5.47. The zero-order valence-electron chi connectivity index (χ0n) is 16.3. The zero-order valence-corrected chi connectivity index (χ0v) is 17.1. The van der Waals surface area contributed by atoms with Crippen LogP contribution in [0.2, 0.25) is 0 Å². The summed E-state index contributed by atoms with van der Waals surface area (Å²) < 4.78 is 26.3. The summed E-state index contributed by atoms with van der Waals surface area (Å²) in [6.07, 6.45) is 18.2. The van der Waals surface area contributed by atoms with E-state index in [0.717, 1.165) is 30.5 Å². The minimum atomic E-state index is -2.34. The van der Waals surface area contributed by atoms with E-state index in [1.54, 1.807) is 0 Å². The van der Waals surface area contributed by atoms with Crippen LogP contribution in [-0.2, 0) is 0 Å². The van der Waals surface area contributed by atoms with Crippen LogP contribution in [0.15, 0.2) is 54.6 Å². The Morgan fingerprint density at radius 3 is 2.26 bits per heavy atom. The molecule has 0 bridgehead atoms. The second-order valence-electron chi connectivity index (χ2n) is 8.10. The minimum absolute atomic E-state index is 0.197. The summed E-state index contributed by atoms with van der Waals surface area (Å²) in [5.74, 6) is -1.02. The van der Waals surface area contributed by atoms with Gasteiger partial charge in [0.05, 0.1) is 4.75 Å². The fraction of sp³-hybridized carbons (Fsp3) is 0.583. The summed E-state index contributed by atoms with van der Waals surface area (Å²) in [7, 11) is 0. The molecule has 0 aromatic heterocycles. The third-order valence-electron chi connectivity index (χ3n) is 6.31. The van der Waals surface area contributed by atoms with Crippen LogP contribution in [0.1, 0.15) is 69.8 Å². The fourth-order valence-electron chi connectivity index (χ4n) is 4.71. The zero-order chi connectivity index (χ0) is 19.1. The van der Waals surface area contributed by atoms with E-state index < -0.39 is 10.5 Å². The lowest BCUT2D eigenvalue weighted by Gasteiger charge is -2.41. The lowest BCUT2D eigenvalue weighted by molar-refractivity contribution is 0.231. The Bertz CT molecular complexity index is 601. The lowest BCUT2D eigenvalue weighted by Crippen LogP contribution is -2.36. The molecular formula is C24H32F2S. The molecule has 1 saturated carbocycles. The van der Waals surface area contributed by atoms with Gasteiger partial charge in [-0.15, -0.1) is 0 Å². The standard InChI is InChI=1S/C24H32F2S/c1-2-3-5-8-19-11-13-22(14-12-19)24(27-23(25)26)17-15-21(16-18-24)20-9-6-4-7-10-20/h4,6-7,9-10,15-19,21-23H,2-3,5,8,11-14H2,1H3/t19-,21?,22-,24?. The first-order valence-corrected chi connectivity index (χ1v) is 11.4. The average molecular weight is 391 g/mol. The quantitative estimate of drug-likeness (QED) is 0.320. The molecule has 1 fully saturated rings. The molecule has 0 unspecified atom stereocenters. The van der Waals surface area contributed by atoms with Crippen LogP contribution in [0.5, 0.6) is 0 Å². The van der Waals surface area contributed by atoms with Crippen molar-refractivity contribution >= 4 is 11.8 Å². The van der Waals surface area contributed by atoms with Gasteiger partial charge in [0.25, 0.3) is 5.76 Å². The van der Waals surface area contributed by atoms with Gasteiger partial charge in [0.1, 0.15) is 0 Å². The van der Waals surface area contributed by atoms with Gasteiger partial charge in [-0.05, 0) is 30.2 Å². The van der Waals surface area contributed by atoms with E-state index in [9.17, 15) is 8.78 Å². The average Bonchev–Trinajstić information content (AvgIpc) is 2.69. The second-order valence-corrected chi connectivity index (χ2v) is 9.40. The molecule has 0 spiro atoms. The predicted octanol–water partition coefficient (Wildman–Crippen LogP) is 7.98. The Labute approximate surface area is 167 Å². The molecule has 3 heteroatoms. The summed E-state index contributed by atoms with van der Waals surface area (Å²) in [6.45, 7) is 2.24. The van der Waals surface area contributed by atoms with Crippen molar-refractivity contribution in [2.45, 2.75) is 74.7 Å². The van der Waals surface area contributed by atoms with Gasteiger partial charge < -0.3 is 0 Å². The molecule has 0 saturated heterocycles. The summed E-state index contributed by atoms with van der Waals surface area (Å²) in [5, 5.41) is 0. The minimum Gasteiger partial charge on any atom is -0.198 e. The molecule has 3 rings (SSSR count). The summed E-state index contributed by atoms with van der Waals surface area (Å²) in [5.41, 5.74) is 1.22. The van der Waals surface area contributed by atoms with Crippen molar-refractivity contribution in [3.8, 4) is 0 Å². The van der Waals surface area contributed by atoms with Gasteiger partial charge in [0.2, 0.25) is 0 Å². The van der Waals surface area contributed by atoms with E-state index in [1.165, 1.54) is 44.1 Å². The van der Waals surface area contributed by atoms with Crippen molar-refractivity contribution in [2.75, 3.05) is 0 Å². The molecule has 2 aliphatic rings. The smallest absolute Gasteiger partial charge is 0.198 e. The number of unbranched alkanes of at least 4 members (excludes halogenated alkanes) is 2. The topological polar surface area (TPSA) is 0 Å². The number of thioether (sulfide) groups is 1. The van der Waals surface area contributed by atoms with E-state index in [-0.39, 0.29) is 5.92 Å². The van der Waals surface area contributed by atoms with Crippen molar-refractivity contribution < 1.29 is 8.78 Å². The van der Waals surface area contributed by atoms with Crippen LogP contribution in [-0.4, -0.2) is 10.5 Å². The van der Waals surface area contributed by atoms with Crippen molar-refractivity contribution in [1.82, 2.24) is 0 Å². The van der Waals surface area contributed by atoms with Crippen LogP contribution >= 0.6 is 11.8 Å². The summed E-state index contributed by atoms with van der Waals surface area (Å²) in [4.78, 5) is 0. The number of allylic oxidation sites excluding steroid dienone is 2. The maximum absolute atomic E-state index is 13.4. The van der Waals surface area contributed by atoms with Gasteiger partial charge in [-0.3, -0.25) is 0 Å². The first-order chi connectivity index (χ1) is 13.1. The van der Waals surface area contributed by atoms with Gasteiger partial charge in [0.15, 0.2) is 0 Å². The third-order valence-corrected chi connectivity index (χ3v) is 7.50. The molecular weight excluding hydrogens is 358 g/mol. The maximum Gasteiger partial charge on any atom is 0.285 e. The molecule has 0 amide bonds. The molecule has 148 valence electrons. The Balaban J connectivity index is 1.66. The predicted molar refractivity (Wildman–Crippen MR) is 113 cm³/mol. The number of benzene rings is 1. The van der Waals surface area contributed by atoms with Gasteiger partial charge in [-0.25, -0.2) is 0 Å². The molecule has 0 heterocycles. The van der Waals surface area contributed by atoms with Gasteiger partial charge in [-0.1, -0.05) is 112 Å². The highest BCUT2D eigenvalue weighted by molar-refractivity contribution is 8.01. The van der Waals surface area contributed by atoms with E-state index in [0.29, 0.717) is 5.92 Å². The van der Waals surface area contributed by atoms with Crippen LogP contribution in [0.4, 0.5) is 8.78 Å².